The highest BCUT2D eigenvalue weighted by atomic mass is 16.6. The molecule has 1 atom stereocenters. The van der Waals surface area contributed by atoms with Gasteiger partial charge >= 0.3 is 5.97 Å². The zero-order valence-corrected chi connectivity index (χ0v) is 18.2. The van der Waals surface area contributed by atoms with Gasteiger partial charge in [0.15, 0.2) is 5.60 Å². The quantitative estimate of drug-likeness (QED) is 0.387. The Morgan fingerprint density at radius 2 is 1.84 bits per heavy atom. The topological polar surface area (TPSA) is 89.8 Å². The van der Waals surface area contributed by atoms with E-state index in [-0.39, 0.29) is 36.4 Å². The van der Waals surface area contributed by atoms with E-state index in [4.69, 9.17) is 4.74 Å². The van der Waals surface area contributed by atoms with Crippen LogP contribution in [0.4, 0.5) is 5.69 Å². The van der Waals surface area contributed by atoms with Crippen LogP contribution in [0.5, 0.6) is 0 Å². The molecule has 7 nitrogen and oxygen atoms in total. The molecule has 0 aromatic heterocycles. The van der Waals surface area contributed by atoms with Crippen molar-refractivity contribution in [3.05, 3.63) is 87.0 Å². The van der Waals surface area contributed by atoms with Gasteiger partial charge in [0.2, 0.25) is 5.91 Å². The number of ether oxygens (including phenoxy) is 1. The zero-order valence-electron chi connectivity index (χ0n) is 18.2. The summed E-state index contributed by atoms with van der Waals surface area (Å²) in [5.74, 6) is -0.250. The minimum absolute atomic E-state index is 0.0584. The van der Waals surface area contributed by atoms with E-state index in [1.54, 1.807) is 23.1 Å². The monoisotopic (exact) mass is 434 g/mol. The van der Waals surface area contributed by atoms with Gasteiger partial charge in [0.25, 0.3) is 5.69 Å². The van der Waals surface area contributed by atoms with Crippen LogP contribution in [0.2, 0.25) is 0 Å². The van der Waals surface area contributed by atoms with Crippen LogP contribution < -0.4 is 0 Å². The Balaban J connectivity index is 1.65. The first kappa shape index (κ1) is 21.7. The third-order valence-electron chi connectivity index (χ3n) is 6.16. The summed E-state index contributed by atoms with van der Waals surface area (Å²) in [6.45, 7) is 4.83. The van der Waals surface area contributed by atoms with Gasteiger partial charge in [-0.25, -0.2) is 4.79 Å². The Labute approximate surface area is 186 Å². The lowest BCUT2D eigenvalue weighted by molar-refractivity contribution is -0.385. The Morgan fingerprint density at radius 1 is 1.16 bits per heavy atom. The highest BCUT2D eigenvalue weighted by Gasteiger charge is 2.50. The van der Waals surface area contributed by atoms with E-state index in [0.29, 0.717) is 30.5 Å². The van der Waals surface area contributed by atoms with Crippen molar-refractivity contribution < 1.29 is 19.2 Å². The molecule has 4 rings (SSSR count). The molecule has 0 saturated carbocycles. The summed E-state index contributed by atoms with van der Waals surface area (Å²) in [4.78, 5) is 38.5. The predicted molar refractivity (Wildman–Crippen MR) is 119 cm³/mol. The van der Waals surface area contributed by atoms with Gasteiger partial charge in [-0.1, -0.05) is 62.4 Å². The maximum Gasteiger partial charge on any atom is 0.335 e. The SMILES string of the molecule is CC(C)CC1(c2ccccc2)OC(=O)C2=C1CN(C(=O)Cc1ccccc1[N+](=O)[O-])CC2. The van der Waals surface area contributed by atoms with Crippen LogP contribution in [0.3, 0.4) is 0 Å². The van der Waals surface area contributed by atoms with Crippen LogP contribution in [0.25, 0.3) is 0 Å². The Kier molecular flexibility index (Phi) is 5.82. The van der Waals surface area contributed by atoms with Crippen molar-refractivity contribution in [2.24, 2.45) is 5.92 Å². The Morgan fingerprint density at radius 3 is 2.53 bits per heavy atom. The third-order valence-corrected chi connectivity index (χ3v) is 6.16. The number of cyclic esters (lactones) is 1. The molecule has 0 bridgehead atoms. The van der Waals surface area contributed by atoms with Crippen molar-refractivity contribution >= 4 is 17.6 Å². The van der Waals surface area contributed by atoms with Crippen molar-refractivity contribution in [3.8, 4) is 0 Å². The fraction of sp³-hybridized carbons (Fsp3) is 0.360. The second-order valence-electron chi connectivity index (χ2n) is 8.77. The van der Waals surface area contributed by atoms with Crippen LogP contribution in [0, 0.1) is 16.0 Å². The lowest BCUT2D eigenvalue weighted by atomic mass is 9.77. The fourth-order valence-corrected chi connectivity index (χ4v) is 4.77. The fourth-order valence-electron chi connectivity index (χ4n) is 4.77. The van der Waals surface area contributed by atoms with Crippen LogP contribution in [0.1, 0.15) is 37.8 Å². The molecule has 7 heteroatoms. The normalized spacial score (nSPS) is 20.3. The summed E-state index contributed by atoms with van der Waals surface area (Å²) in [6, 6.07) is 16.0. The Hall–Kier alpha value is -3.48. The molecule has 2 heterocycles. The van der Waals surface area contributed by atoms with E-state index in [9.17, 15) is 19.7 Å². The number of esters is 1. The van der Waals surface area contributed by atoms with Crippen molar-refractivity contribution in [1.29, 1.82) is 0 Å². The van der Waals surface area contributed by atoms with Crippen molar-refractivity contribution in [2.75, 3.05) is 13.1 Å². The largest absolute Gasteiger partial charge is 0.446 e. The lowest BCUT2D eigenvalue weighted by Crippen LogP contribution is -2.42. The number of para-hydroxylation sites is 1. The highest BCUT2D eigenvalue weighted by molar-refractivity contribution is 5.94. The molecule has 0 radical (unpaired) electrons. The Bertz CT molecular complexity index is 1090. The van der Waals surface area contributed by atoms with Crippen molar-refractivity contribution in [1.82, 2.24) is 4.90 Å². The average molecular weight is 434 g/mol. The number of nitro groups is 1. The summed E-state index contributed by atoms with van der Waals surface area (Å²) < 4.78 is 6.05. The number of hydrogen-bond donors (Lipinski definition) is 0. The summed E-state index contributed by atoms with van der Waals surface area (Å²) in [7, 11) is 0. The molecule has 2 aromatic carbocycles. The number of carbonyl (C=O) groups is 2. The van der Waals surface area contributed by atoms with Crippen LogP contribution in [0.15, 0.2) is 65.7 Å². The second-order valence-corrected chi connectivity index (χ2v) is 8.77. The van der Waals surface area contributed by atoms with Crippen molar-refractivity contribution in [2.45, 2.75) is 38.7 Å². The highest BCUT2D eigenvalue weighted by Crippen LogP contribution is 2.48. The minimum atomic E-state index is -0.889. The third kappa shape index (κ3) is 3.90. The first-order chi connectivity index (χ1) is 15.3. The van der Waals surface area contributed by atoms with E-state index in [2.05, 4.69) is 13.8 Å². The van der Waals surface area contributed by atoms with Gasteiger partial charge in [0.05, 0.1) is 11.3 Å². The van der Waals surface area contributed by atoms with Crippen LogP contribution >= 0.6 is 0 Å². The standard InChI is InChI=1S/C25H26N2O5/c1-17(2)15-25(19-9-4-3-5-10-19)21-16-26(13-12-20(21)24(29)32-25)23(28)14-18-8-6-7-11-22(18)27(30)31/h3-11,17H,12-16H2,1-2H3. The lowest BCUT2D eigenvalue weighted by Gasteiger charge is -2.37. The van der Waals surface area contributed by atoms with E-state index in [1.807, 2.05) is 30.3 Å². The molecule has 166 valence electrons. The molecule has 0 spiro atoms. The van der Waals surface area contributed by atoms with E-state index >= 15 is 0 Å². The van der Waals surface area contributed by atoms with Crippen molar-refractivity contribution in [3.63, 3.8) is 0 Å². The molecule has 0 saturated heterocycles. The van der Waals surface area contributed by atoms with Gasteiger partial charge < -0.3 is 9.64 Å². The zero-order chi connectivity index (χ0) is 22.9. The molecule has 2 aliphatic heterocycles. The van der Waals surface area contributed by atoms with E-state index in [0.717, 1.165) is 11.1 Å². The number of hydrogen-bond acceptors (Lipinski definition) is 5. The minimum Gasteiger partial charge on any atom is -0.446 e. The van der Waals surface area contributed by atoms with Gasteiger partial charge in [-0.15, -0.1) is 0 Å². The molecule has 32 heavy (non-hydrogen) atoms. The summed E-state index contributed by atoms with van der Waals surface area (Å²) >= 11 is 0. The van der Waals surface area contributed by atoms with Crippen LogP contribution in [-0.2, 0) is 26.3 Å². The van der Waals surface area contributed by atoms with Gasteiger partial charge in [-0.2, -0.15) is 0 Å². The van der Waals surface area contributed by atoms with Gasteiger partial charge in [0, 0.05) is 35.9 Å². The van der Waals surface area contributed by atoms with Gasteiger partial charge in [0.1, 0.15) is 0 Å². The van der Waals surface area contributed by atoms with Crippen LogP contribution in [-0.4, -0.2) is 34.8 Å². The molecule has 2 aromatic rings. The van der Waals surface area contributed by atoms with Gasteiger partial charge in [-0.3, -0.25) is 14.9 Å². The maximum absolute atomic E-state index is 13.1. The molecule has 0 N–H and O–H groups in total. The molecular weight excluding hydrogens is 408 g/mol. The number of nitrogens with zero attached hydrogens (tertiary/aromatic N) is 2. The number of carbonyl (C=O) groups excluding carboxylic acids is 2. The average Bonchev–Trinajstić information content (AvgIpc) is 3.06. The molecule has 2 aliphatic rings. The molecular formula is C25H26N2O5. The molecule has 0 fully saturated rings. The smallest absolute Gasteiger partial charge is 0.335 e. The number of rotatable bonds is 6. The number of amides is 1. The molecule has 1 unspecified atom stereocenters. The van der Waals surface area contributed by atoms with E-state index in [1.165, 1.54) is 6.07 Å². The summed E-state index contributed by atoms with van der Waals surface area (Å²) in [6.07, 6.45) is 0.980. The number of benzene rings is 2. The maximum atomic E-state index is 13.1. The second kappa shape index (κ2) is 8.57. The first-order valence-electron chi connectivity index (χ1n) is 10.8. The first-order valence-corrected chi connectivity index (χ1v) is 10.8. The molecule has 0 aliphatic carbocycles. The number of nitro benzene ring substituents is 1. The predicted octanol–water partition coefficient (Wildman–Crippen LogP) is 4.16. The molecule has 1 amide bonds. The van der Waals surface area contributed by atoms with E-state index < -0.39 is 10.5 Å². The summed E-state index contributed by atoms with van der Waals surface area (Å²) in [5.41, 5.74) is 1.83. The van der Waals surface area contributed by atoms with Gasteiger partial charge in [-0.05, 0) is 24.3 Å². The summed E-state index contributed by atoms with van der Waals surface area (Å²) in [5, 5.41) is 11.3.